The molecule has 0 aliphatic carbocycles. The summed E-state index contributed by atoms with van der Waals surface area (Å²) in [6.45, 7) is 3.28. The Morgan fingerprint density at radius 3 is 2.19 bits per heavy atom. The van der Waals surface area contributed by atoms with E-state index in [1.54, 1.807) is 21.1 Å². The number of amides is 1. The molecule has 0 unspecified atom stereocenters. The third kappa shape index (κ3) is 4.57. The molecule has 1 aromatic heterocycles. The molecule has 0 aromatic carbocycles. The van der Waals surface area contributed by atoms with Crippen LogP contribution in [-0.2, 0) is 15.9 Å². The summed E-state index contributed by atoms with van der Waals surface area (Å²) in [6, 6.07) is 1.27. The highest BCUT2D eigenvalue weighted by molar-refractivity contribution is 5.96. The number of aromatic carboxylic acids is 1. The van der Waals surface area contributed by atoms with Crippen LogP contribution in [0.2, 0.25) is 0 Å². The number of carbonyl (C=O) groups is 2. The van der Waals surface area contributed by atoms with Crippen LogP contribution in [0.1, 0.15) is 33.6 Å². The topological polar surface area (TPSA) is 89.2 Å². The van der Waals surface area contributed by atoms with E-state index in [0.717, 1.165) is 0 Å². The number of ether oxygens (including phenoxy) is 2. The zero-order valence-electron chi connectivity index (χ0n) is 12.5. The minimum atomic E-state index is -1.10. The summed E-state index contributed by atoms with van der Waals surface area (Å²) < 4.78 is 15.3. The Labute approximate surface area is 123 Å². The van der Waals surface area contributed by atoms with Crippen LogP contribution < -0.4 is 0 Å². The van der Waals surface area contributed by atoms with Gasteiger partial charge in [0, 0.05) is 39.8 Å². The molecule has 21 heavy (non-hydrogen) atoms. The van der Waals surface area contributed by atoms with Crippen molar-refractivity contribution in [3.8, 4) is 0 Å². The van der Waals surface area contributed by atoms with Gasteiger partial charge in [-0.25, -0.2) is 4.79 Å². The third-order valence-corrected chi connectivity index (χ3v) is 2.99. The summed E-state index contributed by atoms with van der Waals surface area (Å²) in [4.78, 5) is 25.0. The second-order valence-electron chi connectivity index (χ2n) is 4.38. The van der Waals surface area contributed by atoms with E-state index in [1.807, 2.05) is 0 Å². The number of nitrogens with zero attached hydrogens (tertiary/aromatic N) is 1. The zero-order chi connectivity index (χ0) is 15.8. The highest BCUT2D eigenvalue weighted by Gasteiger charge is 2.23. The minimum Gasteiger partial charge on any atom is -0.478 e. The van der Waals surface area contributed by atoms with Crippen molar-refractivity contribution < 1.29 is 28.6 Å². The molecule has 1 amide bonds. The highest BCUT2D eigenvalue weighted by atomic mass is 16.5. The van der Waals surface area contributed by atoms with Crippen LogP contribution in [0.25, 0.3) is 0 Å². The Balaban J connectivity index is 2.93. The zero-order valence-corrected chi connectivity index (χ0v) is 12.5. The molecule has 0 spiro atoms. The highest BCUT2D eigenvalue weighted by Crippen LogP contribution is 2.18. The van der Waals surface area contributed by atoms with E-state index in [1.165, 1.54) is 11.0 Å². The van der Waals surface area contributed by atoms with Gasteiger partial charge < -0.3 is 23.9 Å². The van der Waals surface area contributed by atoms with Gasteiger partial charge in [0.05, 0.1) is 13.2 Å². The van der Waals surface area contributed by atoms with Crippen molar-refractivity contribution in [2.75, 3.05) is 40.5 Å². The monoisotopic (exact) mass is 299 g/mol. The number of carboxylic acid groups (broad SMARTS) is 1. The second kappa shape index (κ2) is 8.43. The summed E-state index contributed by atoms with van der Waals surface area (Å²) in [5.74, 6) is -1.15. The largest absolute Gasteiger partial charge is 0.478 e. The van der Waals surface area contributed by atoms with Crippen LogP contribution >= 0.6 is 0 Å². The van der Waals surface area contributed by atoms with Gasteiger partial charge in [0.2, 0.25) is 0 Å². The maximum absolute atomic E-state index is 12.4. The average Bonchev–Trinajstić information content (AvgIpc) is 2.91. The quantitative estimate of drug-likeness (QED) is 0.738. The second-order valence-corrected chi connectivity index (χ2v) is 4.38. The molecule has 118 valence electrons. The number of methoxy groups -OCH3 is 2. The summed E-state index contributed by atoms with van der Waals surface area (Å²) in [6.07, 6.45) is 0.408. The van der Waals surface area contributed by atoms with Crippen LogP contribution in [0.4, 0.5) is 0 Å². The molecule has 0 saturated heterocycles. The van der Waals surface area contributed by atoms with E-state index < -0.39 is 5.97 Å². The number of aryl methyl sites for hydroxylation is 1. The summed E-state index contributed by atoms with van der Waals surface area (Å²) in [5, 5.41) is 9.09. The van der Waals surface area contributed by atoms with Gasteiger partial charge in [-0.05, 0) is 0 Å². The summed E-state index contributed by atoms with van der Waals surface area (Å²) in [7, 11) is 3.09. The number of carbonyl (C=O) groups excluding carboxylic acids is 1. The van der Waals surface area contributed by atoms with E-state index in [4.69, 9.17) is 19.0 Å². The standard InChI is InChI=1S/C14H21NO6/c1-4-11-10(14(17)18)9-12(21-11)13(16)15(5-7-19-2)6-8-20-3/h9H,4-8H2,1-3H3,(H,17,18). The lowest BCUT2D eigenvalue weighted by molar-refractivity contribution is 0.0596. The van der Waals surface area contributed by atoms with E-state index in [9.17, 15) is 9.59 Å². The third-order valence-electron chi connectivity index (χ3n) is 2.99. The van der Waals surface area contributed by atoms with Gasteiger partial charge in [-0.3, -0.25) is 4.79 Å². The molecule has 0 fully saturated rings. The van der Waals surface area contributed by atoms with Crippen molar-refractivity contribution >= 4 is 11.9 Å². The Morgan fingerprint density at radius 2 is 1.81 bits per heavy atom. The van der Waals surface area contributed by atoms with Gasteiger partial charge in [-0.1, -0.05) is 6.92 Å². The first-order valence-corrected chi connectivity index (χ1v) is 6.68. The first-order valence-electron chi connectivity index (χ1n) is 6.68. The predicted octanol–water partition coefficient (Wildman–Crippen LogP) is 1.28. The van der Waals surface area contributed by atoms with E-state index >= 15 is 0 Å². The number of furan rings is 1. The van der Waals surface area contributed by atoms with Crippen LogP contribution in [0.15, 0.2) is 10.5 Å². The lowest BCUT2D eigenvalue weighted by Gasteiger charge is -2.20. The SMILES string of the molecule is CCc1oc(C(=O)N(CCOC)CCOC)cc1C(=O)O. The lowest BCUT2D eigenvalue weighted by Crippen LogP contribution is -2.36. The normalized spacial score (nSPS) is 10.6. The lowest BCUT2D eigenvalue weighted by atomic mass is 10.2. The van der Waals surface area contributed by atoms with Crippen LogP contribution in [0, 0.1) is 0 Å². The van der Waals surface area contributed by atoms with Gasteiger partial charge in [0.25, 0.3) is 5.91 Å². The molecule has 0 bridgehead atoms. The molecular weight excluding hydrogens is 278 g/mol. The fraction of sp³-hybridized carbons (Fsp3) is 0.571. The molecule has 0 aliphatic rings. The maximum atomic E-state index is 12.4. The van der Waals surface area contributed by atoms with Crippen LogP contribution in [-0.4, -0.2) is 62.4 Å². The molecule has 0 aliphatic heterocycles. The fourth-order valence-corrected chi connectivity index (χ4v) is 1.85. The van der Waals surface area contributed by atoms with Gasteiger partial charge in [-0.15, -0.1) is 0 Å². The maximum Gasteiger partial charge on any atom is 0.339 e. The molecule has 1 rings (SSSR count). The van der Waals surface area contributed by atoms with Crippen molar-refractivity contribution in [2.24, 2.45) is 0 Å². The Morgan fingerprint density at radius 1 is 1.24 bits per heavy atom. The van der Waals surface area contributed by atoms with Crippen molar-refractivity contribution in [2.45, 2.75) is 13.3 Å². The predicted molar refractivity (Wildman–Crippen MR) is 74.7 cm³/mol. The molecule has 0 atom stereocenters. The number of hydrogen-bond acceptors (Lipinski definition) is 5. The number of carboxylic acids is 1. The fourth-order valence-electron chi connectivity index (χ4n) is 1.85. The van der Waals surface area contributed by atoms with Gasteiger partial charge in [-0.2, -0.15) is 0 Å². The van der Waals surface area contributed by atoms with E-state index in [-0.39, 0.29) is 17.2 Å². The molecule has 7 nitrogen and oxygen atoms in total. The molecule has 0 saturated carbocycles. The van der Waals surface area contributed by atoms with E-state index in [0.29, 0.717) is 38.5 Å². The molecule has 1 N–H and O–H groups in total. The Hall–Kier alpha value is -1.86. The van der Waals surface area contributed by atoms with Crippen molar-refractivity contribution in [3.63, 3.8) is 0 Å². The Bertz CT molecular complexity index is 474. The van der Waals surface area contributed by atoms with Crippen molar-refractivity contribution in [1.29, 1.82) is 0 Å². The minimum absolute atomic E-state index is 0.0245. The summed E-state index contributed by atoms with van der Waals surface area (Å²) in [5.41, 5.74) is 0.0271. The number of rotatable bonds is 9. The molecule has 0 radical (unpaired) electrons. The number of hydrogen-bond donors (Lipinski definition) is 1. The van der Waals surface area contributed by atoms with E-state index in [2.05, 4.69) is 0 Å². The molecular formula is C14H21NO6. The first kappa shape index (κ1) is 17.2. The Kier molecular flexibility index (Phi) is 6.90. The van der Waals surface area contributed by atoms with Gasteiger partial charge in [0.1, 0.15) is 11.3 Å². The van der Waals surface area contributed by atoms with Crippen LogP contribution in [0.3, 0.4) is 0 Å². The van der Waals surface area contributed by atoms with Crippen LogP contribution in [0.5, 0.6) is 0 Å². The smallest absolute Gasteiger partial charge is 0.339 e. The van der Waals surface area contributed by atoms with Crippen molar-refractivity contribution in [3.05, 3.63) is 23.2 Å². The summed E-state index contributed by atoms with van der Waals surface area (Å²) >= 11 is 0. The van der Waals surface area contributed by atoms with Crippen molar-refractivity contribution in [1.82, 2.24) is 4.90 Å². The first-order chi connectivity index (χ1) is 10.0. The average molecular weight is 299 g/mol. The van der Waals surface area contributed by atoms with Gasteiger partial charge >= 0.3 is 5.97 Å². The molecule has 1 heterocycles. The molecule has 7 heteroatoms. The molecule has 1 aromatic rings. The van der Waals surface area contributed by atoms with Gasteiger partial charge in [0.15, 0.2) is 5.76 Å².